The summed E-state index contributed by atoms with van der Waals surface area (Å²) in [7, 11) is 0. The number of carbonyl (C=O) groups excluding carboxylic acids is 1. The smallest absolute Gasteiger partial charge is 0.337 e. The van der Waals surface area contributed by atoms with E-state index in [1.165, 1.54) is 43.3 Å². The van der Waals surface area contributed by atoms with Gasteiger partial charge in [-0.2, -0.15) is 0 Å². The number of nitrogens with one attached hydrogen (secondary N) is 1. The van der Waals surface area contributed by atoms with E-state index in [1.54, 1.807) is 6.07 Å². The average molecular weight is 300 g/mol. The van der Waals surface area contributed by atoms with Crippen LogP contribution in [-0.2, 0) is 0 Å². The predicted octanol–water partition coefficient (Wildman–Crippen LogP) is 3.24. The number of carbonyl (C=O) groups is 2. The summed E-state index contributed by atoms with van der Waals surface area (Å²) in [6, 6.07) is 9.92. The zero-order chi connectivity index (χ0) is 16.3. The largest absolute Gasteiger partial charge is 0.478 e. The highest BCUT2D eigenvalue weighted by Gasteiger charge is 2.14. The Labute approximate surface area is 125 Å². The van der Waals surface area contributed by atoms with Gasteiger partial charge in [-0.15, -0.1) is 0 Å². The number of aromatic carboxylic acids is 1. The molecule has 0 aliphatic rings. The molecule has 2 aromatic rings. The van der Waals surface area contributed by atoms with Gasteiger partial charge in [-0.05, 0) is 31.2 Å². The number of non-ortho nitro benzene ring substituents is 1. The van der Waals surface area contributed by atoms with E-state index in [0.717, 1.165) is 0 Å². The first-order valence-electron chi connectivity index (χ1n) is 6.28. The van der Waals surface area contributed by atoms with Gasteiger partial charge in [-0.25, -0.2) is 4.79 Å². The van der Waals surface area contributed by atoms with Crippen molar-refractivity contribution in [2.45, 2.75) is 6.92 Å². The molecule has 2 N–H and O–H groups in total. The molecule has 112 valence electrons. The fourth-order valence-corrected chi connectivity index (χ4v) is 1.90. The Morgan fingerprint density at radius 3 is 2.50 bits per heavy atom. The highest BCUT2D eigenvalue weighted by atomic mass is 16.6. The maximum atomic E-state index is 11.3. The second kappa shape index (κ2) is 6.04. The summed E-state index contributed by atoms with van der Waals surface area (Å²) in [5.74, 6) is -1.44. The van der Waals surface area contributed by atoms with Gasteiger partial charge in [0.15, 0.2) is 5.78 Å². The monoisotopic (exact) mass is 300 g/mol. The Morgan fingerprint density at radius 1 is 1.18 bits per heavy atom. The van der Waals surface area contributed by atoms with Gasteiger partial charge in [0.05, 0.1) is 16.2 Å². The van der Waals surface area contributed by atoms with E-state index in [2.05, 4.69) is 5.32 Å². The summed E-state index contributed by atoms with van der Waals surface area (Å²) < 4.78 is 0. The van der Waals surface area contributed by atoms with Crippen molar-refractivity contribution in [1.82, 2.24) is 0 Å². The van der Waals surface area contributed by atoms with Crippen LogP contribution in [0.3, 0.4) is 0 Å². The molecule has 2 aromatic carbocycles. The van der Waals surface area contributed by atoms with Gasteiger partial charge in [0.1, 0.15) is 0 Å². The van der Waals surface area contributed by atoms with Crippen LogP contribution in [-0.4, -0.2) is 21.8 Å². The van der Waals surface area contributed by atoms with Crippen molar-refractivity contribution in [3.05, 3.63) is 63.7 Å². The van der Waals surface area contributed by atoms with Gasteiger partial charge in [0, 0.05) is 23.4 Å². The molecule has 0 bridgehead atoms. The van der Waals surface area contributed by atoms with Crippen molar-refractivity contribution in [3.63, 3.8) is 0 Å². The molecule has 0 saturated heterocycles. The average Bonchev–Trinajstić information content (AvgIpc) is 2.47. The van der Waals surface area contributed by atoms with Gasteiger partial charge >= 0.3 is 5.97 Å². The van der Waals surface area contributed by atoms with E-state index in [0.29, 0.717) is 5.69 Å². The molecule has 7 heteroatoms. The number of carboxylic acids is 1. The molecule has 0 atom stereocenters. The lowest BCUT2D eigenvalue weighted by molar-refractivity contribution is -0.384. The van der Waals surface area contributed by atoms with Crippen LogP contribution in [0, 0.1) is 10.1 Å². The molecule has 0 unspecified atom stereocenters. The molecule has 7 nitrogen and oxygen atoms in total. The van der Waals surface area contributed by atoms with Crippen molar-refractivity contribution in [3.8, 4) is 0 Å². The summed E-state index contributed by atoms with van der Waals surface area (Å²) in [6.07, 6.45) is 0. The Hall–Kier alpha value is -3.22. The Kier molecular flexibility index (Phi) is 4.17. The molecular weight excluding hydrogens is 288 g/mol. The third kappa shape index (κ3) is 3.26. The molecule has 0 amide bonds. The van der Waals surface area contributed by atoms with Crippen LogP contribution in [0.15, 0.2) is 42.5 Å². The molecule has 0 aliphatic heterocycles. The van der Waals surface area contributed by atoms with Gasteiger partial charge < -0.3 is 10.4 Å². The SMILES string of the molecule is CC(=O)c1ccc(Nc2cccc([N+](=O)[O-])c2)c(C(=O)O)c1. The van der Waals surface area contributed by atoms with E-state index in [1.807, 2.05) is 0 Å². The fourth-order valence-electron chi connectivity index (χ4n) is 1.90. The molecule has 0 aromatic heterocycles. The standard InChI is InChI=1S/C15H12N2O5/c1-9(18)10-5-6-14(13(7-10)15(19)20)16-11-3-2-4-12(8-11)17(21)22/h2-8,16H,1H3,(H,19,20). The molecule has 0 fully saturated rings. The van der Waals surface area contributed by atoms with Gasteiger partial charge in [-0.1, -0.05) is 6.07 Å². The second-order valence-electron chi connectivity index (χ2n) is 4.55. The summed E-state index contributed by atoms with van der Waals surface area (Å²) in [4.78, 5) is 32.8. The van der Waals surface area contributed by atoms with Crippen LogP contribution < -0.4 is 5.32 Å². The van der Waals surface area contributed by atoms with Crippen LogP contribution in [0.2, 0.25) is 0 Å². The lowest BCUT2D eigenvalue weighted by atomic mass is 10.1. The van der Waals surface area contributed by atoms with Crippen molar-refractivity contribution < 1.29 is 19.6 Å². The normalized spacial score (nSPS) is 10.0. The quantitative estimate of drug-likeness (QED) is 0.498. The van der Waals surface area contributed by atoms with Crippen LogP contribution in [0.1, 0.15) is 27.6 Å². The second-order valence-corrected chi connectivity index (χ2v) is 4.55. The number of nitro benzene ring substituents is 1. The minimum atomic E-state index is -1.20. The van der Waals surface area contributed by atoms with Crippen LogP contribution in [0.25, 0.3) is 0 Å². The third-order valence-electron chi connectivity index (χ3n) is 2.99. The fraction of sp³-hybridized carbons (Fsp3) is 0.0667. The van der Waals surface area contributed by atoms with Crippen molar-refractivity contribution >= 4 is 28.8 Å². The first-order valence-corrected chi connectivity index (χ1v) is 6.28. The lowest BCUT2D eigenvalue weighted by Gasteiger charge is -2.10. The van der Waals surface area contributed by atoms with Crippen molar-refractivity contribution in [1.29, 1.82) is 0 Å². The number of hydrogen-bond donors (Lipinski definition) is 2. The maximum absolute atomic E-state index is 11.3. The third-order valence-corrected chi connectivity index (χ3v) is 2.99. The minimum absolute atomic E-state index is 0.0841. The number of rotatable bonds is 5. The van der Waals surface area contributed by atoms with Crippen molar-refractivity contribution in [2.75, 3.05) is 5.32 Å². The summed E-state index contributed by atoms with van der Waals surface area (Å²) >= 11 is 0. The topological polar surface area (TPSA) is 110 Å². The first-order chi connectivity index (χ1) is 10.4. The van der Waals surface area contributed by atoms with Crippen molar-refractivity contribution in [2.24, 2.45) is 0 Å². The highest BCUT2D eigenvalue weighted by Crippen LogP contribution is 2.25. The number of ketones is 1. The Morgan fingerprint density at radius 2 is 1.91 bits per heavy atom. The molecule has 2 rings (SSSR count). The highest BCUT2D eigenvalue weighted by molar-refractivity contribution is 6.01. The molecule has 0 saturated carbocycles. The first kappa shape index (κ1) is 15.2. The zero-order valence-electron chi connectivity index (χ0n) is 11.6. The van der Waals surface area contributed by atoms with E-state index in [4.69, 9.17) is 0 Å². The Balaban J connectivity index is 2.41. The van der Waals surface area contributed by atoms with E-state index < -0.39 is 10.9 Å². The summed E-state index contributed by atoms with van der Waals surface area (Å²) in [6.45, 7) is 1.34. The van der Waals surface area contributed by atoms with Crippen LogP contribution in [0.5, 0.6) is 0 Å². The van der Waals surface area contributed by atoms with Gasteiger partial charge in [0.25, 0.3) is 5.69 Å². The Bertz CT molecular complexity index is 770. The minimum Gasteiger partial charge on any atom is -0.478 e. The van der Waals surface area contributed by atoms with E-state index in [9.17, 15) is 24.8 Å². The maximum Gasteiger partial charge on any atom is 0.337 e. The number of Topliss-reactive ketones (excluding diaryl/α,β-unsaturated/α-hetero) is 1. The number of anilines is 2. The predicted molar refractivity (Wildman–Crippen MR) is 79.8 cm³/mol. The molecule has 0 aliphatic carbocycles. The summed E-state index contributed by atoms with van der Waals surface area (Å²) in [5.41, 5.74) is 0.716. The van der Waals surface area contributed by atoms with E-state index in [-0.39, 0.29) is 28.3 Å². The van der Waals surface area contributed by atoms with Crippen LogP contribution >= 0.6 is 0 Å². The van der Waals surface area contributed by atoms with Crippen LogP contribution in [0.4, 0.5) is 17.1 Å². The number of hydrogen-bond acceptors (Lipinski definition) is 5. The molecular formula is C15H12N2O5. The van der Waals surface area contributed by atoms with Gasteiger partial charge in [0.2, 0.25) is 0 Å². The number of nitro groups is 1. The number of benzene rings is 2. The zero-order valence-corrected chi connectivity index (χ0v) is 11.6. The van der Waals surface area contributed by atoms with Gasteiger partial charge in [-0.3, -0.25) is 14.9 Å². The molecule has 0 heterocycles. The lowest BCUT2D eigenvalue weighted by Crippen LogP contribution is -2.05. The molecule has 0 spiro atoms. The molecule has 0 radical (unpaired) electrons. The number of nitrogens with zero attached hydrogens (tertiary/aromatic N) is 1. The van der Waals surface area contributed by atoms with E-state index >= 15 is 0 Å². The molecule has 22 heavy (non-hydrogen) atoms. The number of carboxylic acid groups (broad SMARTS) is 1. The summed E-state index contributed by atoms with van der Waals surface area (Å²) in [5, 5.41) is 22.8.